The van der Waals surface area contributed by atoms with Crippen LogP contribution in [0.25, 0.3) is 0 Å². The van der Waals surface area contributed by atoms with Crippen molar-refractivity contribution in [2.75, 3.05) is 18.9 Å². The third kappa shape index (κ3) is 4.04. The third-order valence-electron chi connectivity index (χ3n) is 2.59. The predicted molar refractivity (Wildman–Crippen MR) is 80.6 cm³/mol. The number of hydrogen-bond donors (Lipinski definition) is 1. The van der Waals surface area contributed by atoms with Crippen molar-refractivity contribution >= 4 is 50.7 Å². The average Bonchev–Trinajstić information content (AvgIpc) is 2.25. The summed E-state index contributed by atoms with van der Waals surface area (Å²) in [6.45, 7) is 4.07. The molecule has 0 atom stereocenters. The Morgan fingerprint density at radius 3 is 2.33 bits per heavy atom. The molecular weight excluding hydrogens is 339 g/mol. The number of carbonyl (C=O) groups is 1. The molecule has 0 radical (unpaired) electrons. The molecule has 0 saturated carbocycles. The van der Waals surface area contributed by atoms with E-state index in [2.05, 4.69) is 21.2 Å². The average molecular weight is 354 g/mol. The molecular formula is C12H15BrCl2N2O. The number of likely N-dealkylation sites (N-methyl/N-ethyl adjacent to an activating group) is 1. The minimum atomic E-state index is -0.0138. The van der Waals surface area contributed by atoms with Crippen LogP contribution in [0, 0.1) is 0 Å². The first-order chi connectivity index (χ1) is 8.32. The highest BCUT2D eigenvalue weighted by atomic mass is 79.9. The number of rotatable bonds is 4. The van der Waals surface area contributed by atoms with Gasteiger partial charge in [0, 0.05) is 17.6 Å². The molecule has 100 valence electrons. The van der Waals surface area contributed by atoms with E-state index in [1.165, 1.54) is 0 Å². The largest absolute Gasteiger partial charge is 0.374 e. The van der Waals surface area contributed by atoms with Crippen LogP contribution in [0.15, 0.2) is 16.6 Å². The van der Waals surface area contributed by atoms with Crippen LogP contribution in [0.3, 0.4) is 0 Å². The molecule has 1 rings (SSSR count). The molecule has 3 nitrogen and oxygen atoms in total. The van der Waals surface area contributed by atoms with Crippen molar-refractivity contribution in [3.8, 4) is 0 Å². The number of nitrogens with zero attached hydrogens (tertiary/aromatic N) is 1. The number of anilines is 1. The fourth-order valence-electron chi connectivity index (χ4n) is 1.29. The van der Waals surface area contributed by atoms with Gasteiger partial charge in [-0.15, -0.1) is 0 Å². The van der Waals surface area contributed by atoms with Crippen molar-refractivity contribution in [3.63, 3.8) is 0 Å². The molecule has 0 aliphatic rings. The zero-order chi connectivity index (χ0) is 13.9. The lowest BCUT2D eigenvalue weighted by Gasteiger charge is -2.22. The molecule has 1 amide bonds. The maximum absolute atomic E-state index is 11.8. The molecule has 1 aromatic rings. The minimum absolute atomic E-state index is 0.0138. The SMILES string of the molecule is CC(C)N(C)C(=O)CNc1c(Cl)cc(Br)cc1Cl. The van der Waals surface area contributed by atoms with Crippen molar-refractivity contribution < 1.29 is 4.79 Å². The Labute approximate surface area is 126 Å². The quantitative estimate of drug-likeness (QED) is 0.886. The number of halogens is 3. The topological polar surface area (TPSA) is 32.3 Å². The summed E-state index contributed by atoms with van der Waals surface area (Å²) in [6, 6.07) is 3.62. The zero-order valence-corrected chi connectivity index (χ0v) is 13.5. The summed E-state index contributed by atoms with van der Waals surface area (Å²) < 4.78 is 0.800. The number of carbonyl (C=O) groups excluding carboxylic acids is 1. The van der Waals surface area contributed by atoms with Gasteiger partial charge in [0.15, 0.2) is 0 Å². The molecule has 18 heavy (non-hydrogen) atoms. The van der Waals surface area contributed by atoms with E-state index in [-0.39, 0.29) is 18.5 Å². The van der Waals surface area contributed by atoms with Gasteiger partial charge in [-0.2, -0.15) is 0 Å². The molecule has 0 bridgehead atoms. The molecule has 6 heteroatoms. The van der Waals surface area contributed by atoms with Crippen LogP contribution >= 0.6 is 39.1 Å². The van der Waals surface area contributed by atoms with E-state index >= 15 is 0 Å². The summed E-state index contributed by atoms with van der Waals surface area (Å²) in [5.74, 6) is -0.0138. The van der Waals surface area contributed by atoms with Gasteiger partial charge in [-0.1, -0.05) is 39.1 Å². The molecule has 1 aromatic carbocycles. The van der Waals surface area contributed by atoms with Crippen LogP contribution in [-0.2, 0) is 4.79 Å². The molecule has 0 aromatic heterocycles. The predicted octanol–water partition coefficient (Wildman–Crippen LogP) is 4.03. The van der Waals surface area contributed by atoms with Gasteiger partial charge in [0.05, 0.1) is 22.3 Å². The van der Waals surface area contributed by atoms with Gasteiger partial charge in [-0.3, -0.25) is 4.79 Å². The van der Waals surface area contributed by atoms with Crippen molar-refractivity contribution in [1.29, 1.82) is 0 Å². The van der Waals surface area contributed by atoms with E-state index in [1.807, 2.05) is 13.8 Å². The Kier molecular flexibility index (Phi) is 5.76. The molecule has 0 aliphatic carbocycles. The lowest BCUT2D eigenvalue weighted by Crippen LogP contribution is -2.37. The van der Waals surface area contributed by atoms with Crippen LogP contribution < -0.4 is 5.32 Å². The highest BCUT2D eigenvalue weighted by Crippen LogP contribution is 2.33. The molecule has 0 spiro atoms. The van der Waals surface area contributed by atoms with Gasteiger partial charge in [0.1, 0.15) is 0 Å². The molecule has 0 fully saturated rings. The second-order valence-electron chi connectivity index (χ2n) is 4.20. The van der Waals surface area contributed by atoms with Crippen LogP contribution in [0.1, 0.15) is 13.8 Å². The number of benzene rings is 1. The molecule has 0 saturated heterocycles. The summed E-state index contributed by atoms with van der Waals surface area (Å²) in [5, 5.41) is 3.93. The number of amides is 1. The Balaban J connectivity index is 2.73. The first-order valence-corrected chi connectivity index (χ1v) is 7.02. The van der Waals surface area contributed by atoms with Crippen LogP contribution in [0.4, 0.5) is 5.69 Å². The monoisotopic (exact) mass is 352 g/mol. The Morgan fingerprint density at radius 1 is 1.39 bits per heavy atom. The summed E-state index contributed by atoms with van der Waals surface area (Å²) in [6.07, 6.45) is 0. The van der Waals surface area contributed by atoms with Crippen molar-refractivity contribution in [1.82, 2.24) is 4.90 Å². The van der Waals surface area contributed by atoms with Crippen LogP contribution in [0.5, 0.6) is 0 Å². The second kappa shape index (κ2) is 6.64. The van der Waals surface area contributed by atoms with E-state index < -0.39 is 0 Å². The van der Waals surface area contributed by atoms with E-state index in [9.17, 15) is 4.79 Å². The number of hydrogen-bond acceptors (Lipinski definition) is 2. The maximum atomic E-state index is 11.8. The van der Waals surface area contributed by atoms with Gasteiger partial charge in [-0.05, 0) is 26.0 Å². The molecule has 0 aliphatic heterocycles. The lowest BCUT2D eigenvalue weighted by molar-refractivity contribution is -0.129. The minimum Gasteiger partial charge on any atom is -0.374 e. The third-order valence-corrected chi connectivity index (χ3v) is 3.65. The zero-order valence-electron chi connectivity index (χ0n) is 10.4. The van der Waals surface area contributed by atoms with E-state index in [1.54, 1.807) is 24.1 Å². The van der Waals surface area contributed by atoms with Gasteiger partial charge < -0.3 is 10.2 Å². The Bertz CT molecular complexity index is 429. The smallest absolute Gasteiger partial charge is 0.241 e. The van der Waals surface area contributed by atoms with Crippen molar-refractivity contribution in [2.24, 2.45) is 0 Å². The lowest BCUT2D eigenvalue weighted by atomic mass is 10.3. The standard InChI is InChI=1S/C12H15BrCl2N2O/c1-7(2)17(3)11(18)6-16-12-9(14)4-8(13)5-10(12)15/h4-5,7,16H,6H2,1-3H3. The summed E-state index contributed by atoms with van der Waals surface area (Å²) >= 11 is 15.4. The number of nitrogens with one attached hydrogen (secondary N) is 1. The highest BCUT2D eigenvalue weighted by Gasteiger charge is 2.13. The van der Waals surface area contributed by atoms with E-state index in [4.69, 9.17) is 23.2 Å². The molecule has 0 unspecified atom stereocenters. The second-order valence-corrected chi connectivity index (χ2v) is 5.93. The van der Waals surface area contributed by atoms with Gasteiger partial charge in [-0.25, -0.2) is 0 Å². The van der Waals surface area contributed by atoms with E-state index in [0.29, 0.717) is 15.7 Å². The Hall–Kier alpha value is -0.450. The van der Waals surface area contributed by atoms with Crippen molar-refractivity contribution in [2.45, 2.75) is 19.9 Å². The van der Waals surface area contributed by atoms with Gasteiger partial charge >= 0.3 is 0 Å². The first-order valence-electron chi connectivity index (χ1n) is 5.47. The molecule has 1 N–H and O–H groups in total. The highest BCUT2D eigenvalue weighted by molar-refractivity contribution is 9.10. The van der Waals surface area contributed by atoms with Gasteiger partial charge in [0.2, 0.25) is 5.91 Å². The first kappa shape index (κ1) is 15.6. The van der Waals surface area contributed by atoms with Gasteiger partial charge in [0.25, 0.3) is 0 Å². The molecule has 0 heterocycles. The summed E-state index contributed by atoms with van der Waals surface area (Å²) in [5.41, 5.74) is 0.576. The van der Waals surface area contributed by atoms with Crippen molar-refractivity contribution in [3.05, 3.63) is 26.7 Å². The van der Waals surface area contributed by atoms with E-state index in [0.717, 1.165) is 4.47 Å². The fraction of sp³-hybridized carbons (Fsp3) is 0.417. The Morgan fingerprint density at radius 2 is 1.89 bits per heavy atom. The maximum Gasteiger partial charge on any atom is 0.241 e. The summed E-state index contributed by atoms with van der Waals surface area (Å²) in [4.78, 5) is 13.5. The normalized spacial score (nSPS) is 10.6. The fourth-order valence-corrected chi connectivity index (χ4v) is 2.63. The van der Waals surface area contributed by atoms with Crippen LogP contribution in [-0.4, -0.2) is 30.4 Å². The summed E-state index contributed by atoms with van der Waals surface area (Å²) in [7, 11) is 1.76. The van der Waals surface area contributed by atoms with Crippen LogP contribution in [0.2, 0.25) is 10.0 Å².